The number of amides is 1. The molecule has 0 aromatic carbocycles. The predicted octanol–water partition coefficient (Wildman–Crippen LogP) is 1.42. The zero-order valence-corrected chi connectivity index (χ0v) is 11.2. The fourth-order valence-electron chi connectivity index (χ4n) is 2.07. The lowest BCUT2D eigenvalue weighted by molar-refractivity contribution is -0.120. The van der Waals surface area contributed by atoms with Crippen molar-refractivity contribution in [1.82, 2.24) is 15.6 Å². The average Bonchev–Trinajstić information content (AvgIpc) is 2.72. The Balaban J connectivity index is 2.01. The molecule has 4 nitrogen and oxygen atoms in total. The molecule has 1 aliphatic carbocycles. The highest BCUT2D eigenvalue weighted by molar-refractivity contribution is 7.11. The first-order chi connectivity index (χ1) is 8.20. The van der Waals surface area contributed by atoms with Gasteiger partial charge >= 0.3 is 0 Å². The first-order valence-corrected chi connectivity index (χ1v) is 6.94. The van der Waals surface area contributed by atoms with Gasteiger partial charge in [0.05, 0.1) is 18.3 Å². The number of thiazole rings is 1. The van der Waals surface area contributed by atoms with E-state index in [4.69, 9.17) is 0 Å². The van der Waals surface area contributed by atoms with Crippen LogP contribution in [0.3, 0.4) is 0 Å². The molecule has 1 amide bonds. The quantitative estimate of drug-likeness (QED) is 0.853. The smallest absolute Gasteiger partial charge is 0.234 e. The SMILES string of the molecule is CNCC(=O)N[C@@H](C)c1nc2c(s1)CCCC2. The van der Waals surface area contributed by atoms with Gasteiger partial charge < -0.3 is 10.6 Å². The molecule has 0 bridgehead atoms. The normalized spacial score (nSPS) is 16.4. The van der Waals surface area contributed by atoms with Crippen LogP contribution in [0.5, 0.6) is 0 Å². The molecule has 0 fully saturated rings. The minimum Gasteiger partial charge on any atom is -0.346 e. The molecule has 1 heterocycles. The van der Waals surface area contributed by atoms with Gasteiger partial charge in [0.15, 0.2) is 0 Å². The Kier molecular flexibility index (Phi) is 4.12. The highest BCUT2D eigenvalue weighted by Gasteiger charge is 2.19. The summed E-state index contributed by atoms with van der Waals surface area (Å²) in [6, 6.07) is 0.0199. The van der Waals surface area contributed by atoms with Crippen LogP contribution in [-0.4, -0.2) is 24.5 Å². The molecular formula is C12H19N3OS. The summed E-state index contributed by atoms with van der Waals surface area (Å²) in [6.07, 6.45) is 4.78. The number of fused-ring (bicyclic) bond motifs is 1. The number of hydrogen-bond donors (Lipinski definition) is 2. The maximum absolute atomic E-state index is 11.5. The van der Waals surface area contributed by atoms with Crippen LogP contribution in [-0.2, 0) is 17.6 Å². The lowest BCUT2D eigenvalue weighted by Gasteiger charge is -2.10. The molecule has 2 N–H and O–H groups in total. The van der Waals surface area contributed by atoms with Gasteiger partial charge in [-0.15, -0.1) is 11.3 Å². The molecule has 1 aromatic rings. The molecule has 17 heavy (non-hydrogen) atoms. The maximum atomic E-state index is 11.5. The molecule has 1 aromatic heterocycles. The van der Waals surface area contributed by atoms with Gasteiger partial charge in [-0.2, -0.15) is 0 Å². The number of hydrogen-bond acceptors (Lipinski definition) is 4. The third-order valence-corrected chi connectivity index (χ3v) is 4.29. The fourth-order valence-corrected chi connectivity index (χ4v) is 3.23. The third-order valence-electron chi connectivity index (χ3n) is 2.95. The second-order valence-electron chi connectivity index (χ2n) is 4.45. The van der Waals surface area contributed by atoms with Crippen LogP contribution in [0.15, 0.2) is 0 Å². The number of carbonyl (C=O) groups excluding carboxylic acids is 1. The van der Waals surface area contributed by atoms with Gasteiger partial charge in [-0.25, -0.2) is 4.98 Å². The zero-order chi connectivity index (χ0) is 12.3. The molecule has 0 radical (unpaired) electrons. The van der Waals surface area contributed by atoms with Crippen LogP contribution < -0.4 is 10.6 Å². The summed E-state index contributed by atoms with van der Waals surface area (Å²) in [7, 11) is 1.77. The van der Waals surface area contributed by atoms with Crippen LogP contribution in [0.4, 0.5) is 0 Å². The number of nitrogens with one attached hydrogen (secondary N) is 2. The van der Waals surface area contributed by atoms with Gasteiger partial charge in [0.2, 0.25) is 5.91 Å². The number of rotatable bonds is 4. The summed E-state index contributed by atoms with van der Waals surface area (Å²) < 4.78 is 0. The molecule has 1 atom stereocenters. The van der Waals surface area contributed by atoms with E-state index in [1.165, 1.54) is 23.4 Å². The van der Waals surface area contributed by atoms with Crippen molar-refractivity contribution in [3.63, 3.8) is 0 Å². The Bertz CT molecular complexity index is 379. The van der Waals surface area contributed by atoms with E-state index in [1.54, 1.807) is 18.4 Å². The molecule has 0 unspecified atom stereocenters. The van der Waals surface area contributed by atoms with Crippen LogP contribution in [0.1, 0.15) is 41.4 Å². The van der Waals surface area contributed by atoms with Crippen molar-refractivity contribution in [2.45, 2.75) is 38.6 Å². The topological polar surface area (TPSA) is 54.0 Å². The Morgan fingerprint density at radius 1 is 1.47 bits per heavy atom. The number of nitrogens with zero attached hydrogens (tertiary/aromatic N) is 1. The van der Waals surface area contributed by atoms with E-state index in [0.717, 1.165) is 17.8 Å². The van der Waals surface area contributed by atoms with Gasteiger partial charge in [0.25, 0.3) is 0 Å². The Labute approximate surface area is 106 Å². The standard InChI is InChI=1S/C12H19N3OS/c1-8(14-11(16)7-13-2)12-15-9-5-3-4-6-10(9)17-12/h8,13H,3-7H2,1-2H3,(H,14,16)/t8-/m0/s1. The largest absolute Gasteiger partial charge is 0.346 e. The van der Waals surface area contributed by atoms with E-state index < -0.39 is 0 Å². The van der Waals surface area contributed by atoms with Crippen molar-refractivity contribution in [2.24, 2.45) is 0 Å². The molecule has 0 spiro atoms. The van der Waals surface area contributed by atoms with Crippen molar-refractivity contribution >= 4 is 17.2 Å². The average molecular weight is 253 g/mol. The molecule has 94 valence electrons. The molecule has 0 aliphatic heterocycles. The van der Waals surface area contributed by atoms with E-state index in [0.29, 0.717) is 6.54 Å². The molecule has 0 saturated carbocycles. The van der Waals surface area contributed by atoms with Gasteiger partial charge in [0.1, 0.15) is 5.01 Å². The minimum atomic E-state index is 0.0199. The summed E-state index contributed by atoms with van der Waals surface area (Å²) in [6.45, 7) is 2.35. The van der Waals surface area contributed by atoms with Gasteiger partial charge in [0, 0.05) is 4.88 Å². The molecule has 2 rings (SSSR count). The van der Waals surface area contributed by atoms with Crippen LogP contribution in [0.2, 0.25) is 0 Å². The third kappa shape index (κ3) is 3.04. The molecular weight excluding hydrogens is 234 g/mol. The van der Waals surface area contributed by atoms with E-state index in [2.05, 4.69) is 15.6 Å². The fraction of sp³-hybridized carbons (Fsp3) is 0.667. The summed E-state index contributed by atoms with van der Waals surface area (Å²) in [5.41, 5.74) is 1.26. The lowest BCUT2D eigenvalue weighted by Crippen LogP contribution is -2.33. The van der Waals surface area contributed by atoms with Crippen molar-refractivity contribution in [3.8, 4) is 0 Å². The van der Waals surface area contributed by atoms with Gasteiger partial charge in [-0.1, -0.05) is 0 Å². The number of likely N-dealkylation sites (N-methyl/N-ethyl adjacent to an activating group) is 1. The number of aryl methyl sites for hydroxylation is 2. The van der Waals surface area contributed by atoms with Crippen molar-refractivity contribution in [2.75, 3.05) is 13.6 Å². The summed E-state index contributed by atoms with van der Waals surface area (Å²) in [5.74, 6) is 0.0215. The Hall–Kier alpha value is -0.940. The maximum Gasteiger partial charge on any atom is 0.234 e. The summed E-state index contributed by atoms with van der Waals surface area (Å²) >= 11 is 1.76. The highest BCUT2D eigenvalue weighted by atomic mass is 32.1. The van der Waals surface area contributed by atoms with Crippen LogP contribution in [0, 0.1) is 0 Å². The lowest BCUT2D eigenvalue weighted by atomic mass is 10.0. The Morgan fingerprint density at radius 2 is 2.24 bits per heavy atom. The van der Waals surface area contributed by atoms with Crippen molar-refractivity contribution in [3.05, 3.63) is 15.6 Å². The highest BCUT2D eigenvalue weighted by Crippen LogP contribution is 2.29. The number of aromatic nitrogens is 1. The van der Waals surface area contributed by atoms with Crippen molar-refractivity contribution < 1.29 is 4.79 Å². The van der Waals surface area contributed by atoms with E-state index in [1.807, 2.05) is 6.92 Å². The first kappa shape index (κ1) is 12.5. The zero-order valence-electron chi connectivity index (χ0n) is 10.4. The Morgan fingerprint density at radius 3 is 2.94 bits per heavy atom. The van der Waals surface area contributed by atoms with Crippen LogP contribution in [0.25, 0.3) is 0 Å². The predicted molar refractivity (Wildman–Crippen MR) is 69.2 cm³/mol. The van der Waals surface area contributed by atoms with Crippen molar-refractivity contribution in [1.29, 1.82) is 0 Å². The van der Waals surface area contributed by atoms with E-state index >= 15 is 0 Å². The van der Waals surface area contributed by atoms with Gasteiger partial charge in [-0.05, 0) is 39.7 Å². The van der Waals surface area contributed by atoms with Crippen LogP contribution >= 0.6 is 11.3 Å². The summed E-state index contributed by atoms with van der Waals surface area (Å²) in [4.78, 5) is 17.5. The van der Waals surface area contributed by atoms with E-state index in [-0.39, 0.29) is 11.9 Å². The second-order valence-corrected chi connectivity index (χ2v) is 5.56. The first-order valence-electron chi connectivity index (χ1n) is 6.13. The number of carbonyl (C=O) groups is 1. The second kappa shape index (κ2) is 5.60. The molecule has 0 saturated heterocycles. The monoisotopic (exact) mass is 253 g/mol. The molecule has 1 aliphatic rings. The van der Waals surface area contributed by atoms with E-state index in [9.17, 15) is 4.79 Å². The molecule has 5 heteroatoms. The summed E-state index contributed by atoms with van der Waals surface area (Å²) in [5, 5.41) is 6.84. The van der Waals surface area contributed by atoms with Gasteiger partial charge in [-0.3, -0.25) is 4.79 Å². The minimum absolute atomic E-state index is 0.0199.